The Labute approximate surface area is 181 Å². The molecule has 0 radical (unpaired) electrons. The fraction of sp³-hybridized carbons (Fsp3) is 0.391. The minimum absolute atomic E-state index is 0.0386. The molecule has 7 heteroatoms. The summed E-state index contributed by atoms with van der Waals surface area (Å²) in [5.74, 6) is 1.65. The molecule has 2 aromatic carbocycles. The van der Waals surface area contributed by atoms with E-state index in [0.29, 0.717) is 24.4 Å². The highest BCUT2D eigenvalue weighted by Crippen LogP contribution is 2.44. The first-order chi connectivity index (χ1) is 14.5. The van der Waals surface area contributed by atoms with Gasteiger partial charge in [0.05, 0.1) is 12.0 Å². The lowest BCUT2D eigenvalue weighted by molar-refractivity contribution is 0.0585. The summed E-state index contributed by atoms with van der Waals surface area (Å²) in [7, 11) is 1.61. The van der Waals surface area contributed by atoms with Gasteiger partial charge in [0.15, 0.2) is 0 Å². The predicted molar refractivity (Wildman–Crippen MR) is 120 cm³/mol. The van der Waals surface area contributed by atoms with E-state index in [9.17, 15) is 9.59 Å². The van der Waals surface area contributed by atoms with Crippen LogP contribution in [0.25, 0.3) is 0 Å². The number of urea groups is 1. The average Bonchev–Trinajstić information content (AvgIpc) is 3.18. The first-order valence-corrected chi connectivity index (χ1v) is 11.2. The van der Waals surface area contributed by atoms with Crippen LogP contribution in [0.5, 0.6) is 5.75 Å². The lowest BCUT2D eigenvalue weighted by atomic mass is 10.0. The maximum atomic E-state index is 13.2. The topological polar surface area (TPSA) is 61.9 Å². The molecule has 30 heavy (non-hydrogen) atoms. The van der Waals surface area contributed by atoms with Crippen molar-refractivity contribution in [1.82, 2.24) is 9.80 Å². The lowest BCUT2D eigenvalue weighted by Crippen LogP contribution is -2.54. The van der Waals surface area contributed by atoms with Crippen molar-refractivity contribution < 1.29 is 14.3 Å². The minimum atomic E-state index is -0.237. The molecule has 4 rings (SSSR count). The SMILES string of the molecule is COc1cccc(C(=O)N2CCSC23CCN(C(=O)Nc2ccccc2C)CC3)c1. The van der Waals surface area contributed by atoms with Crippen LogP contribution in [-0.2, 0) is 0 Å². The summed E-state index contributed by atoms with van der Waals surface area (Å²) in [5, 5.41) is 3.02. The molecule has 3 amide bonds. The van der Waals surface area contributed by atoms with Gasteiger partial charge in [-0.1, -0.05) is 24.3 Å². The normalized spacial score (nSPS) is 17.8. The summed E-state index contributed by atoms with van der Waals surface area (Å²) in [4.78, 5) is 29.6. The molecule has 0 atom stereocenters. The Kier molecular flexibility index (Phi) is 5.90. The lowest BCUT2D eigenvalue weighted by Gasteiger charge is -2.44. The minimum Gasteiger partial charge on any atom is -0.497 e. The van der Waals surface area contributed by atoms with Crippen LogP contribution >= 0.6 is 11.8 Å². The van der Waals surface area contributed by atoms with Crippen molar-refractivity contribution in [2.75, 3.05) is 37.8 Å². The number of methoxy groups -OCH3 is 1. The highest BCUT2D eigenvalue weighted by atomic mass is 32.2. The number of rotatable bonds is 3. The van der Waals surface area contributed by atoms with Gasteiger partial charge in [0.2, 0.25) is 0 Å². The molecule has 0 saturated carbocycles. The van der Waals surface area contributed by atoms with E-state index >= 15 is 0 Å². The Hall–Kier alpha value is -2.67. The molecule has 0 unspecified atom stereocenters. The van der Waals surface area contributed by atoms with Crippen LogP contribution in [0, 0.1) is 6.92 Å². The number of nitrogens with zero attached hydrogens (tertiary/aromatic N) is 2. The summed E-state index contributed by atoms with van der Waals surface area (Å²) in [6.07, 6.45) is 1.54. The monoisotopic (exact) mass is 425 g/mol. The Balaban J connectivity index is 1.43. The van der Waals surface area contributed by atoms with E-state index < -0.39 is 0 Å². The van der Waals surface area contributed by atoms with Gasteiger partial charge in [-0.25, -0.2) is 4.79 Å². The Bertz CT molecular complexity index is 941. The van der Waals surface area contributed by atoms with E-state index in [1.807, 2.05) is 71.0 Å². The van der Waals surface area contributed by atoms with Crippen molar-refractivity contribution in [3.63, 3.8) is 0 Å². The molecule has 2 heterocycles. The number of piperidine rings is 1. The van der Waals surface area contributed by atoms with E-state index in [1.165, 1.54) is 0 Å². The molecule has 6 nitrogen and oxygen atoms in total. The molecular weight excluding hydrogens is 398 g/mol. The molecule has 2 fully saturated rings. The van der Waals surface area contributed by atoms with Gasteiger partial charge in [0, 0.05) is 36.6 Å². The fourth-order valence-corrected chi connectivity index (χ4v) is 5.64. The highest BCUT2D eigenvalue weighted by Gasteiger charge is 2.47. The molecule has 0 aromatic heterocycles. The van der Waals surface area contributed by atoms with Crippen LogP contribution in [0.4, 0.5) is 10.5 Å². The van der Waals surface area contributed by atoms with Crippen molar-refractivity contribution in [2.24, 2.45) is 0 Å². The van der Waals surface area contributed by atoms with E-state index in [-0.39, 0.29) is 16.8 Å². The van der Waals surface area contributed by atoms with Crippen molar-refractivity contribution in [2.45, 2.75) is 24.6 Å². The second kappa shape index (κ2) is 8.60. The number of benzene rings is 2. The summed E-state index contributed by atoms with van der Waals surface area (Å²) in [6, 6.07) is 15.0. The van der Waals surface area contributed by atoms with Crippen LogP contribution in [-0.4, -0.2) is 59.1 Å². The third kappa shape index (κ3) is 3.99. The number of hydrogen-bond acceptors (Lipinski definition) is 4. The van der Waals surface area contributed by atoms with E-state index in [1.54, 1.807) is 13.2 Å². The standard InChI is InChI=1S/C23H27N3O3S/c1-17-6-3-4-9-20(17)24-22(28)25-12-10-23(11-13-25)26(14-15-30-23)21(27)18-7-5-8-19(16-18)29-2/h3-9,16H,10-15H2,1-2H3,(H,24,28). The van der Waals surface area contributed by atoms with Gasteiger partial charge in [-0.3, -0.25) is 4.79 Å². The van der Waals surface area contributed by atoms with Crippen LogP contribution in [0.3, 0.4) is 0 Å². The summed E-state index contributed by atoms with van der Waals surface area (Å²) in [5.41, 5.74) is 2.53. The number of aryl methyl sites for hydroxylation is 1. The number of carbonyl (C=O) groups is 2. The molecule has 0 bridgehead atoms. The molecule has 2 saturated heterocycles. The first kappa shape index (κ1) is 20.6. The van der Waals surface area contributed by atoms with Gasteiger partial charge in [-0.05, 0) is 49.6 Å². The number of thioether (sulfide) groups is 1. The third-order valence-electron chi connectivity index (χ3n) is 5.96. The van der Waals surface area contributed by atoms with E-state index in [4.69, 9.17) is 4.74 Å². The van der Waals surface area contributed by atoms with Crippen molar-refractivity contribution in [3.8, 4) is 5.75 Å². The number of ether oxygens (including phenoxy) is 1. The number of carbonyl (C=O) groups excluding carboxylic acids is 2. The second-order valence-corrected chi connectivity index (χ2v) is 9.17. The molecule has 0 aliphatic carbocycles. The average molecular weight is 426 g/mol. The van der Waals surface area contributed by atoms with Crippen molar-refractivity contribution in [1.29, 1.82) is 0 Å². The summed E-state index contributed by atoms with van der Waals surface area (Å²) < 4.78 is 5.28. The second-order valence-electron chi connectivity index (χ2n) is 7.72. The maximum absolute atomic E-state index is 13.2. The molecule has 2 aromatic rings. The maximum Gasteiger partial charge on any atom is 0.321 e. The van der Waals surface area contributed by atoms with Gasteiger partial charge >= 0.3 is 6.03 Å². The summed E-state index contributed by atoms with van der Waals surface area (Å²) >= 11 is 1.84. The highest BCUT2D eigenvalue weighted by molar-refractivity contribution is 8.00. The van der Waals surface area contributed by atoms with Crippen LogP contribution in [0.15, 0.2) is 48.5 Å². The molecule has 2 aliphatic heterocycles. The predicted octanol–water partition coefficient (Wildman–Crippen LogP) is 4.22. The Morgan fingerprint density at radius 3 is 2.57 bits per heavy atom. The Morgan fingerprint density at radius 1 is 1.07 bits per heavy atom. The number of nitrogens with one attached hydrogen (secondary N) is 1. The molecular formula is C23H27N3O3S. The van der Waals surface area contributed by atoms with Gasteiger partial charge in [0.1, 0.15) is 5.75 Å². The van der Waals surface area contributed by atoms with E-state index in [2.05, 4.69) is 5.32 Å². The summed E-state index contributed by atoms with van der Waals surface area (Å²) in [6.45, 7) is 3.98. The van der Waals surface area contributed by atoms with Gasteiger partial charge in [-0.15, -0.1) is 11.8 Å². The number of hydrogen-bond donors (Lipinski definition) is 1. The quantitative estimate of drug-likeness (QED) is 0.800. The van der Waals surface area contributed by atoms with Crippen LogP contribution < -0.4 is 10.1 Å². The molecule has 1 spiro atoms. The third-order valence-corrected chi connectivity index (χ3v) is 7.51. The zero-order chi connectivity index (χ0) is 21.1. The number of likely N-dealkylation sites (tertiary alicyclic amines) is 1. The zero-order valence-corrected chi connectivity index (χ0v) is 18.2. The van der Waals surface area contributed by atoms with E-state index in [0.717, 1.165) is 36.4 Å². The largest absolute Gasteiger partial charge is 0.497 e. The number of amides is 3. The first-order valence-electron chi connectivity index (χ1n) is 10.2. The van der Waals surface area contributed by atoms with Gasteiger partial charge in [-0.2, -0.15) is 0 Å². The molecule has 2 aliphatic rings. The Morgan fingerprint density at radius 2 is 1.83 bits per heavy atom. The van der Waals surface area contributed by atoms with Crippen molar-refractivity contribution in [3.05, 3.63) is 59.7 Å². The van der Waals surface area contributed by atoms with Crippen LogP contribution in [0.1, 0.15) is 28.8 Å². The molecule has 158 valence electrons. The number of anilines is 1. The smallest absolute Gasteiger partial charge is 0.321 e. The zero-order valence-electron chi connectivity index (χ0n) is 17.4. The molecule has 1 N–H and O–H groups in total. The van der Waals surface area contributed by atoms with Gasteiger partial charge in [0.25, 0.3) is 5.91 Å². The van der Waals surface area contributed by atoms with Crippen molar-refractivity contribution >= 4 is 29.4 Å². The van der Waals surface area contributed by atoms with Gasteiger partial charge < -0.3 is 19.9 Å². The fourth-order valence-electron chi connectivity index (χ4n) is 4.19. The number of para-hydroxylation sites is 1. The van der Waals surface area contributed by atoms with Crippen LogP contribution in [0.2, 0.25) is 0 Å².